The molecule has 1 atom stereocenters. The monoisotopic (exact) mass is 368 g/mol. The van der Waals surface area contributed by atoms with Gasteiger partial charge in [-0.05, 0) is 58.8 Å². The second-order valence-corrected chi connectivity index (χ2v) is 5.61. The quantitative estimate of drug-likeness (QED) is 0.820. The van der Waals surface area contributed by atoms with Crippen molar-refractivity contribution >= 4 is 22.6 Å². The fourth-order valence-corrected chi connectivity index (χ4v) is 2.17. The third-order valence-electron chi connectivity index (χ3n) is 2.99. The summed E-state index contributed by atoms with van der Waals surface area (Å²) in [4.78, 5) is 4.10. The summed E-state index contributed by atoms with van der Waals surface area (Å²) in [6.07, 6.45) is 1.77. The van der Waals surface area contributed by atoms with E-state index in [0.717, 1.165) is 6.54 Å². The highest BCUT2D eigenvalue weighted by Gasteiger charge is 2.05. The van der Waals surface area contributed by atoms with Crippen LogP contribution in [0.2, 0.25) is 0 Å². The molecule has 0 fully saturated rings. The largest absolute Gasteiger partial charge is 0.481 e. The van der Waals surface area contributed by atoms with Crippen molar-refractivity contribution in [2.45, 2.75) is 19.5 Å². The van der Waals surface area contributed by atoms with Gasteiger partial charge in [-0.25, -0.2) is 4.98 Å². The lowest BCUT2D eigenvalue weighted by atomic mass is 10.1. The Bertz CT molecular complexity index is 528. The molecule has 1 heterocycles. The summed E-state index contributed by atoms with van der Waals surface area (Å²) < 4.78 is 6.38. The summed E-state index contributed by atoms with van der Waals surface area (Å²) in [5, 5.41) is 3.50. The standard InChI is InChI=1S/C15H17IN2O/c1-11(13-3-5-14(16)6-4-13)18-10-12-7-8-17-15(9-12)19-2/h3-9,11,18H,10H2,1-2H3. The van der Waals surface area contributed by atoms with Crippen molar-refractivity contribution in [3.8, 4) is 5.88 Å². The topological polar surface area (TPSA) is 34.1 Å². The predicted molar refractivity (Wildman–Crippen MR) is 85.2 cm³/mol. The molecule has 0 spiro atoms. The van der Waals surface area contributed by atoms with E-state index in [1.165, 1.54) is 14.7 Å². The lowest BCUT2D eigenvalue weighted by molar-refractivity contribution is 0.397. The first-order valence-electron chi connectivity index (χ1n) is 6.17. The van der Waals surface area contributed by atoms with Crippen molar-refractivity contribution in [2.24, 2.45) is 0 Å². The zero-order valence-corrected chi connectivity index (χ0v) is 13.2. The van der Waals surface area contributed by atoms with E-state index in [-0.39, 0.29) is 0 Å². The van der Waals surface area contributed by atoms with Crippen molar-refractivity contribution in [3.63, 3.8) is 0 Å². The third kappa shape index (κ3) is 4.18. The van der Waals surface area contributed by atoms with E-state index in [1.54, 1.807) is 13.3 Å². The van der Waals surface area contributed by atoms with Crippen LogP contribution in [0.3, 0.4) is 0 Å². The van der Waals surface area contributed by atoms with E-state index in [9.17, 15) is 0 Å². The van der Waals surface area contributed by atoms with Gasteiger partial charge in [-0.2, -0.15) is 0 Å². The Kier molecular flexibility index (Phi) is 5.15. The molecule has 0 aliphatic carbocycles. The molecule has 1 aromatic carbocycles. The normalized spacial score (nSPS) is 12.2. The molecule has 0 aliphatic rings. The number of hydrogen-bond acceptors (Lipinski definition) is 3. The van der Waals surface area contributed by atoms with Crippen LogP contribution in [0.1, 0.15) is 24.1 Å². The van der Waals surface area contributed by atoms with Gasteiger partial charge in [0.1, 0.15) is 0 Å². The van der Waals surface area contributed by atoms with Gasteiger partial charge in [-0.1, -0.05) is 12.1 Å². The van der Waals surface area contributed by atoms with Gasteiger partial charge in [0.15, 0.2) is 0 Å². The maximum absolute atomic E-state index is 5.12. The minimum Gasteiger partial charge on any atom is -0.481 e. The van der Waals surface area contributed by atoms with Crippen LogP contribution in [0.5, 0.6) is 5.88 Å². The van der Waals surface area contributed by atoms with Crippen LogP contribution < -0.4 is 10.1 Å². The molecule has 4 heteroatoms. The summed E-state index contributed by atoms with van der Waals surface area (Å²) in [6, 6.07) is 12.8. The zero-order valence-electron chi connectivity index (χ0n) is 11.1. The minimum absolute atomic E-state index is 0.316. The number of benzene rings is 1. The molecule has 0 saturated heterocycles. The van der Waals surface area contributed by atoms with Crippen molar-refractivity contribution in [3.05, 3.63) is 57.3 Å². The van der Waals surface area contributed by atoms with Crippen LogP contribution in [-0.2, 0) is 6.54 Å². The Morgan fingerprint density at radius 1 is 1.26 bits per heavy atom. The van der Waals surface area contributed by atoms with Crippen LogP contribution in [0.15, 0.2) is 42.6 Å². The summed E-state index contributed by atoms with van der Waals surface area (Å²) in [5.74, 6) is 0.654. The Balaban J connectivity index is 1.96. The van der Waals surface area contributed by atoms with Gasteiger partial charge in [0.25, 0.3) is 0 Å². The highest BCUT2D eigenvalue weighted by atomic mass is 127. The second kappa shape index (κ2) is 6.86. The molecule has 1 N–H and O–H groups in total. The molecular formula is C15H17IN2O. The molecule has 3 nitrogen and oxygen atoms in total. The number of rotatable bonds is 5. The Morgan fingerprint density at radius 3 is 2.68 bits per heavy atom. The summed E-state index contributed by atoms with van der Waals surface area (Å²) >= 11 is 2.32. The number of halogens is 1. The first kappa shape index (κ1) is 14.3. The van der Waals surface area contributed by atoms with Crippen LogP contribution in [0, 0.1) is 3.57 Å². The van der Waals surface area contributed by atoms with E-state index < -0.39 is 0 Å². The molecule has 1 aromatic heterocycles. The molecule has 100 valence electrons. The Morgan fingerprint density at radius 2 is 2.00 bits per heavy atom. The molecule has 19 heavy (non-hydrogen) atoms. The molecule has 0 bridgehead atoms. The SMILES string of the molecule is COc1cc(CNC(C)c2ccc(I)cc2)ccn1. The van der Waals surface area contributed by atoms with Crippen molar-refractivity contribution < 1.29 is 4.74 Å². The zero-order chi connectivity index (χ0) is 13.7. The number of aromatic nitrogens is 1. The first-order valence-corrected chi connectivity index (χ1v) is 7.24. The van der Waals surface area contributed by atoms with Gasteiger partial charge in [0.05, 0.1) is 7.11 Å². The van der Waals surface area contributed by atoms with E-state index in [2.05, 4.69) is 64.1 Å². The highest BCUT2D eigenvalue weighted by Crippen LogP contribution is 2.16. The van der Waals surface area contributed by atoms with Crippen LogP contribution in [-0.4, -0.2) is 12.1 Å². The van der Waals surface area contributed by atoms with Crippen molar-refractivity contribution in [1.82, 2.24) is 10.3 Å². The third-order valence-corrected chi connectivity index (χ3v) is 3.71. The summed E-state index contributed by atoms with van der Waals surface area (Å²) in [5.41, 5.74) is 2.46. The number of methoxy groups -OCH3 is 1. The van der Waals surface area contributed by atoms with Gasteiger partial charge in [-0.3, -0.25) is 0 Å². The molecule has 2 rings (SSSR count). The molecule has 0 radical (unpaired) electrons. The number of pyridine rings is 1. The van der Waals surface area contributed by atoms with Crippen LogP contribution in [0.25, 0.3) is 0 Å². The van der Waals surface area contributed by atoms with E-state index >= 15 is 0 Å². The Labute approximate surface area is 127 Å². The maximum atomic E-state index is 5.12. The van der Waals surface area contributed by atoms with E-state index in [4.69, 9.17) is 4.74 Å². The van der Waals surface area contributed by atoms with Crippen molar-refractivity contribution in [1.29, 1.82) is 0 Å². The van der Waals surface area contributed by atoms with E-state index in [1.807, 2.05) is 12.1 Å². The number of nitrogens with zero attached hydrogens (tertiary/aromatic N) is 1. The highest BCUT2D eigenvalue weighted by molar-refractivity contribution is 14.1. The van der Waals surface area contributed by atoms with Gasteiger partial charge < -0.3 is 10.1 Å². The van der Waals surface area contributed by atoms with Crippen LogP contribution >= 0.6 is 22.6 Å². The van der Waals surface area contributed by atoms with Gasteiger partial charge in [0.2, 0.25) is 5.88 Å². The maximum Gasteiger partial charge on any atom is 0.213 e. The summed E-state index contributed by atoms with van der Waals surface area (Å²) in [7, 11) is 1.63. The average molecular weight is 368 g/mol. The van der Waals surface area contributed by atoms with Crippen LogP contribution in [0.4, 0.5) is 0 Å². The smallest absolute Gasteiger partial charge is 0.213 e. The minimum atomic E-state index is 0.316. The number of ether oxygens (including phenoxy) is 1. The molecule has 2 aromatic rings. The van der Waals surface area contributed by atoms with E-state index in [0.29, 0.717) is 11.9 Å². The van der Waals surface area contributed by atoms with Gasteiger partial charge in [-0.15, -0.1) is 0 Å². The molecule has 0 aliphatic heterocycles. The Hall–Kier alpha value is -1.14. The van der Waals surface area contributed by atoms with Gasteiger partial charge in [0, 0.05) is 28.4 Å². The fraction of sp³-hybridized carbons (Fsp3) is 0.267. The molecule has 0 saturated carbocycles. The molecular weight excluding hydrogens is 351 g/mol. The number of hydrogen-bond donors (Lipinski definition) is 1. The predicted octanol–water partition coefficient (Wildman–Crippen LogP) is 3.55. The lowest BCUT2D eigenvalue weighted by Crippen LogP contribution is -2.18. The average Bonchev–Trinajstić information content (AvgIpc) is 2.46. The molecule has 1 unspecified atom stereocenters. The fourth-order valence-electron chi connectivity index (χ4n) is 1.81. The lowest BCUT2D eigenvalue weighted by Gasteiger charge is -2.14. The first-order chi connectivity index (χ1) is 9.19. The number of nitrogens with one attached hydrogen (secondary N) is 1. The second-order valence-electron chi connectivity index (χ2n) is 4.36. The van der Waals surface area contributed by atoms with Crippen molar-refractivity contribution in [2.75, 3.05) is 7.11 Å². The summed E-state index contributed by atoms with van der Waals surface area (Å²) in [6.45, 7) is 2.96. The molecule has 0 amide bonds. The van der Waals surface area contributed by atoms with Gasteiger partial charge >= 0.3 is 0 Å².